The molecule has 1 rings (SSSR count). The van der Waals surface area contributed by atoms with Crippen molar-refractivity contribution in [2.24, 2.45) is 0 Å². The molecule has 0 saturated carbocycles. The average Bonchev–Trinajstić information content (AvgIpc) is 2.21. The largest absolute Gasteiger partial charge is 0.357 e. The predicted molar refractivity (Wildman–Crippen MR) is 51.5 cm³/mol. The fraction of sp³-hybridized carbons (Fsp3) is 0.200. The van der Waals surface area contributed by atoms with Crippen molar-refractivity contribution in [3.63, 3.8) is 0 Å². The highest BCUT2D eigenvalue weighted by molar-refractivity contribution is 5.95. The number of para-hydroxylation sites is 1. The van der Waals surface area contributed by atoms with Crippen molar-refractivity contribution in [1.82, 2.24) is 0 Å². The van der Waals surface area contributed by atoms with Crippen molar-refractivity contribution in [3.05, 3.63) is 30.3 Å². The molecular formula is C10H10N2O2. The van der Waals surface area contributed by atoms with E-state index in [0.29, 0.717) is 5.69 Å². The van der Waals surface area contributed by atoms with E-state index >= 15 is 0 Å². The maximum Gasteiger partial charge on any atom is 0.268 e. The summed E-state index contributed by atoms with van der Waals surface area (Å²) in [6.45, 7) is 0. The van der Waals surface area contributed by atoms with Crippen LogP contribution in [0.4, 0.5) is 5.69 Å². The summed E-state index contributed by atoms with van der Waals surface area (Å²) in [5.74, 6) is -0.457. The van der Waals surface area contributed by atoms with Gasteiger partial charge in [0.25, 0.3) is 5.91 Å². The standard InChI is InChI=1S/C10H10N2O2/c1-14-9(7-11)10(13)12-8-5-3-2-4-6-8/h2-6,9H,1H3,(H,12,13). The minimum Gasteiger partial charge on any atom is -0.357 e. The fourth-order valence-electron chi connectivity index (χ4n) is 0.948. The van der Waals surface area contributed by atoms with E-state index in [0.717, 1.165) is 0 Å². The Balaban J connectivity index is 2.62. The van der Waals surface area contributed by atoms with Crippen molar-refractivity contribution < 1.29 is 9.53 Å². The molecule has 1 aromatic carbocycles. The Bertz CT molecular complexity index is 343. The number of amides is 1. The van der Waals surface area contributed by atoms with E-state index in [-0.39, 0.29) is 0 Å². The molecule has 1 unspecified atom stereocenters. The number of carbonyl (C=O) groups is 1. The summed E-state index contributed by atoms with van der Waals surface area (Å²) < 4.78 is 4.66. The van der Waals surface area contributed by atoms with Gasteiger partial charge in [0, 0.05) is 12.8 Å². The first-order chi connectivity index (χ1) is 6.77. The van der Waals surface area contributed by atoms with Crippen LogP contribution in [0.5, 0.6) is 0 Å². The van der Waals surface area contributed by atoms with E-state index in [1.165, 1.54) is 7.11 Å². The van der Waals surface area contributed by atoms with Gasteiger partial charge in [-0.3, -0.25) is 4.79 Å². The number of carbonyl (C=O) groups excluding carboxylic acids is 1. The molecule has 1 aromatic rings. The van der Waals surface area contributed by atoms with Gasteiger partial charge in [-0.1, -0.05) is 18.2 Å². The number of ether oxygens (including phenoxy) is 1. The Morgan fingerprint density at radius 2 is 2.14 bits per heavy atom. The molecule has 1 amide bonds. The normalized spacial score (nSPS) is 11.4. The number of hydrogen-bond donors (Lipinski definition) is 1. The molecule has 0 aliphatic carbocycles. The summed E-state index contributed by atoms with van der Waals surface area (Å²) in [5, 5.41) is 11.1. The summed E-state index contributed by atoms with van der Waals surface area (Å²) in [5.41, 5.74) is 0.648. The first-order valence-corrected chi connectivity index (χ1v) is 4.06. The van der Waals surface area contributed by atoms with Crippen LogP contribution in [0.2, 0.25) is 0 Å². The van der Waals surface area contributed by atoms with Crippen LogP contribution in [0.3, 0.4) is 0 Å². The molecule has 0 radical (unpaired) electrons. The van der Waals surface area contributed by atoms with Crippen LogP contribution in [0.1, 0.15) is 0 Å². The lowest BCUT2D eigenvalue weighted by molar-refractivity contribution is -0.122. The second-order valence-electron chi connectivity index (χ2n) is 2.60. The maximum atomic E-state index is 11.3. The molecule has 4 heteroatoms. The average molecular weight is 190 g/mol. The van der Waals surface area contributed by atoms with Crippen molar-refractivity contribution >= 4 is 11.6 Å². The topological polar surface area (TPSA) is 62.1 Å². The van der Waals surface area contributed by atoms with E-state index in [9.17, 15) is 4.79 Å². The van der Waals surface area contributed by atoms with Crippen LogP contribution in [0, 0.1) is 11.3 Å². The third kappa shape index (κ3) is 2.57. The monoisotopic (exact) mass is 190 g/mol. The molecule has 0 heterocycles. The Morgan fingerprint density at radius 1 is 1.50 bits per heavy atom. The molecule has 0 saturated heterocycles. The smallest absolute Gasteiger partial charge is 0.268 e. The van der Waals surface area contributed by atoms with Gasteiger partial charge < -0.3 is 10.1 Å². The van der Waals surface area contributed by atoms with Gasteiger partial charge in [-0.25, -0.2) is 0 Å². The van der Waals surface area contributed by atoms with E-state index < -0.39 is 12.0 Å². The van der Waals surface area contributed by atoms with Crippen LogP contribution in [0.15, 0.2) is 30.3 Å². The van der Waals surface area contributed by atoms with E-state index in [2.05, 4.69) is 10.1 Å². The second-order valence-corrected chi connectivity index (χ2v) is 2.60. The van der Waals surface area contributed by atoms with Gasteiger partial charge in [0.05, 0.1) is 0 Å². The number of benzene rings is 1. The number of nitrogens with zero attached hydrogens (tertiary/aromatic N) is 1. The SMILES string of the molecule is COC(C#N)C(=O)Nc1ccccc1. The minimum absolute atomic E-state index is 0.457. The molecule has 0 aromatic heterocycles. The Labute approximate surface area is 82.1 Å². The van der Waals surface area contributed by atoms with Crippen LogP contribution in [-0.4, -0.2) is 19.1 Å². The predicted octanol–water partition coefficient (Wildman–Crippen LogP) is 1.16. The molecule has 0 fully saturated rings. The highest BCUT2D eigenvalue weighted by Crippen LogP contribution is 2.05. The molecule has 1 N–H and O–H groups in total. The zero-order valence-corrected chi connectivity index (χ0v) is 7.73. The van der Waals surface area contributed by atoms with Crippen molar-refractivity contribution in [1.29, 1.82) is 5.26 Å². The third-order valence-corrected chi connectivity index (χ3v) is 1.63. The Kier molecular flexibility index (Phi) is 3.65. The van der Waals surface area contributed by atoms with Gasteiger partial charge in [-0.15, -0.1) is 0 Å². The Morgan fingerprint density at radius 3 is 2.64 bits per heavy atom. The van der Waals surface area contributed by atoms with Crippen LogP contribution in [0.25, 0.3) is 0 Å². The van der Waals surface area contributed by atoms with Crippen LogP contribution in [-0.2, 0) is 9.53 Å². The number of nitrogens with one attached hydrogen (secondary N) is 1. The summed E-state index contributed by atoms with van der Waals surface area (Å²) >= 11 is 0. The van der Waals surface area contributed by atoms with Gasteiger partial charge in [-0.2, -0.15) is 5.26 Å². The van der Waals surface area contributed by atoms with Gasteiger partial charge in [-0.05, 0) is 12.1 Å². The summed E-state index contributed by atoms with van der Waals surface area (Å²) in [4.78, 5) is 11.3. The van der Waals surface area contributed by atoms with E-state index in [4.69, 9.17) is 5.26 Å². The molecule has 72 valence electrons. The molecule has 0 aliphatic rings. The van der Waals surface area contributed by atoms with Gasteiger partial charge in [0.1, 0.15) is 6.07 Å². The first-order valence-electron chi connectivity index (χ1n) is 4.06. The van der Waals surface area contributed by atoms with Crippen molar-refractivity contribution in [2.75, 3.05) is 12.4 Å². The Hall–Kier alpha value is -1.86. The molecule has 1 atom stereocenters. The van der Waals surface area contributed by atoms with Crippen LogP contribution >= 0.6 is 0 Å². The number of hydrogen-bond acceptors (Lipinski definition) is 3. The summed E-state index contributed by atoms with van der Waals surface area (Å²) in [6, 6.07) is 10.6. The lowest BCUT2D eigenvalue weighted by atomic mass is 10.3. The summed E-state index contributed by atoms with van der Waals surface area (Å²) in [6.07, 6.45) is -1.06. The van der Waals surface area contributed by atoms with Gasteiger partial charge >= 0.3 is 0 Å². The molecule has 0 spiro atoms. The van der Waals surface area contributed by atoms with E-state index in [1.807, 2.05) is 6.07 Å². The fourth-order valence-corrected chi connectivity index (χ4v) is 0.948. The molecule has 0 bridgehead atoms. The highest BCUT2D eigenvalue weighted by atomic mass is 16.5. The van der Waals surface area contributed by atoms with Crippen molar-refractivity contribution in [2.45, 2.75) is 6.10 Å². The summed E-state index contributed by atoms with van der Waals surface area (Å²) in [7, 11) is 1.32. The zero-order chi connectivity index (χ0) is 10.4. The lowest BCUT2D eigenvalue weighted by Crippen LogP contribution is -2.27. The molecule has 14 heavy (non-hydrogen) atoms. The number of rotatable bonds is 3. The van der Waals surface area contributed by atoms with Crippen molar-refractivity contribution in [3.8, 4) is 6.07 Å². The van der Waals surface area contributed by atoms with Gasteiger partial charge in [0.2, 0.25) is 6.10 Å². The molecule has 4 nitrogen and oxygen atoms in total. The third-order valence-electron chi connectivity index (χ3n) is 1.63. The zero-order valence-electron chi connectivity index (χ0n) is 7.73. The number of methoxy groups -OCH3 is 1. The van der Waals surface area contributed by atoms with Gasteiger partial charge in [0.15, 0.2) is 0 Å². The van der Waals surface area contributed by atoms with E-state index in [1.54, 1.807) is 30.3 Å². The highest BCUT2D eigenvalue weighted by Gasteiger charge is 2.15. The number of anilines is 1. The second kappa shape index (κ2) is 5.00. The quantitative estimate of drug-likeness (QED) is 0.778. The maximum absolute atomic E-state index is 11.3. The number of nitriles is 1. The minimum atomic E-state index is -1.06. The molecular weight excluding hydrogens is 180 g/mol. The first kappa shape index (κ1) is 10.2. The molecule has 0 aliphatic heterocycles. The van der Waals surface area contributed by atoms with Crippen LogP contribution < -0.4 is 5.32 Å². The lowest BCUT2D eigenvalue weighted by Gasteiger charge is -2.07.